The third-order valence-corrected chi connectivity index (χ3v) is 5.81. The Kier molecular flexibility index (Phi) is 7.94. The van der Waals surface area contributed by atoms with Crippen molar-refractivity contribution in [1.82, 2.24) is 25.5 Å². The number of ether oxygens (including phenoxy) is 1. The molecular weight excluding hydrogens is 406 g/mol. The smallest absolute Gasteiger partial charge is 0.230 e. The minimum absolute atomic E-state index is 0.0489. The summed E-state index contributed by atoms with van der Waals surface area (Å²) in [4.78, 5) is 13.4. The number of hydrogen-bond acceptors (Lipinski definition) is 7. The summed E-state index contributed by atoms with van der Waals surface area (Å²) in [5.74, 6) is 1.71. The van der Waals surface area contributed by atoms with Crippen molar-refractivity contribution in [2.45, 2.75) is 23.9 Å². The molecule has 0 aliphatic rings. The van der Waals surface area contributed by atoms with Crippen molar-refractivity contribution >= 4 is 29.4 Å². The molecule has 0 fully saturated rings. The molecule has 0 unspecified atom stereocenters. The molecule has 0 saturated carbocycles. The van der Waals surface area contributed by atoms with Gasteiger partial charge in [0, 0.05) is 17.2 Å². The van der Waals surface area contributed by atoms with Crippen LogP contribution in [-0.2, 0) is 4.79 Å². The van der Waals surface area contributed by atoms with E-state index in [0.29, 0.717) is 24.1 Å². The molecule has 1 N–H and O–H groups in total. The largest absolute Gasteiger partial charge is 0.492 e. The van der Waals surface area contributed by atoms with Crippen molar-refractivity contribution in [3.63, 3.8) is 0 Å². The van der Waals surface area contributed by atoms with Gasteiger partial charge < -0.3 is 10.1 Å². The quantitative estimate of drug-likeness (QED) is 0.391. The normalized spacial score (nSPS) is 10.7. The number of nitrogens with zero attached hydrogens (tertiary/aromatic N) is 4. The van der Waals surface area contributed by atoms with Crippen molar-refractivity contribution in [1.29, 1.82) is 0 Å². The third-order valence-electron chi connectivity index (χ3n) is 3.88. The van der Waals surface area contributed by atoms with E-state index in [4.69, 9.17) is 4.74 Å². The van der Waals surface area contributed by atoms with Gasteiger partial charge in [-0.25, -0.2) is 0 Å². The molecule has 2 aromatic carbocycles. The molecule has 1 aromatic heterocycles. The van der Waals surface area contributed by atoms with Crippen LogP contribution in [-0.4, -0.2) is 50.8 Å². The van der Waals surface area contributed by atoms with Gasteiger partial charge in [0.25, 0.3) is 0 Å². The number of amides is 1. The van der Waals surface area contributed by atoms with Crippen molar-refractivity contribution < 1.29 is 9.53 Å². The van der Waals surface area contributed by atoms with Crippen LogP contribution in [0.3, 0.4) is 0 Å². The zero-order valence-corrected chi connectivity index (χ0v) is 18.0. The summed E-state index contributed by atoms with van der Waals surface area (Å²) in [5.41, 5.74) is 1.99. The van der Waals surface area contributed by atoms with E-state index >= 15 is 0 Å². The van der Waals surface area contributed by atoms with E-state index in [1.807, 2.05) is 31.2 Å². The predicted molar refractivity (Wildman–Crippen MR) is 116 cm³/mol. The summed E-state index contributed by atoms with van der Waals surface area (Å²) in [6, 6.07) is 15.9. The summed E-state index contributed by atoms with van der Waals surface area (Å²) in [6.07, 6.45) is 0. The number of rotatable bonds is 10. The van der Waals surface area contributed by atoms with Gasteiger partial charge in [0.1, 0.15) is 11.4 Å². The number of carbonyl (C=O) groups excluding carboxylic acids is 1. The molecule has 152 valence electrons. The lowest BCUT2D eigenvalue weighted by atomic mass is 10.2. The van der Waals surface area contributed by atoms with Crippen LogP contribution in [0.25, 0.3) is 5.69 Å². The summed E-state index contributed by atoms with van der Waals surface area (Å²) < 4.78 is 7.24. The number of nitrogens with one attached hydrogen (secondary N) is 1. The molecule has 9 heteroatoms. The molecule has 0 saturated heterocycles. The van der Waals surface area contributed by atoms with Crippen LogP contribution in [0.2, 0.25) is 0 Å². The molecule has 0 radical (unpaired) electrons. The predicted octanol–water partition coefficient (Wildman–Crippen LogP) is 3.37. The van der Waals surface area contributed by atoms with Crippen LogP contribution in [0.1, 0.15) is 12.5 Å². The van der Waals surface area contributed by atoms with Crippen molar-refractivity contribution in [2.24, 2.45) is 0 Å². The van der Waals surface area contributed by atoms with Crippen LogP contribution >= 0.6 is 23.5 Å². The molecule has 7 nitrogen and oxygen atoms in total. The summed E-state index contributed by atoms with van der Waals surface area (Å²) in [5, 5.41) is 15.3. The van der Waals surface area contributed by atoms with Crippen molar-refractivity contribution in [3.05, 3.63) is 54.1 Å². The maximum absolute atomic E-state index is 12.2. The fraction of sp³-hybridized carbons (Fsp3) is 0.300. The summed E-state index contributed by atoms with van der Waals surface area (Å²) in [7, 11) is 0. The lowest BCUT2D eigenvalue weighted by Crippen LogP contribution is -2.27. The Morgan fingerprint density at radius 2 is 1.93 bits per heavy atom. The molecular formula is C20H23N5O2S2. The highest BCUT2D eigenvalue weighted by atomic mass is 32.2. The molecule has 1 heterocycles. The number of tetrazole rings is 1. The maximum atomic E-state index is 12.2. The second-order valence-corrected chi connectivity index (χ2v) is 8.18. The standard InChI is InChI=1S/C20H23N5O2S2/c1-3-27-18-7-5-4-6-17(18)25-20(22-23-24-25)29-14-19(26)21-12-13-28-16-10-8-15(2)9-11-16/h4-11H,3,12-14H2,1-2H3,(H,21,26). The Balaban J connectivity index is 1.48. The zero-order valence-electron chi connectivity index (χ0n) is 16.4. The number of hydrogen-bond donors (Lipinski definition) is 1. The van der Waals surface area contributed by atoms with Crippen molar-refractivity contribution in [2.75, 3.05) is 24.7 Å². The molecule has 0 spiro atoms. The first-order valence-electron chi connectivity index (χ1n) is 9.27. The highest BCUT2D eigenvalue weighted by Crippen LogP contribution is 2.25. The molecule has 0 aliphatic heterocycles. The van der Waals surface area contributed by atoms with Crippen LogP contribution in [0.4, 0.5) is 0 Å². The van der Waals surface area contributed by atoms with Gasteiger partial charge in [-0.3, -0.25) is 4.79 Å². The topological polar surface area (TPSA) is 81.9 Å². The Morgan fingerprint density at radius 3 is 2.72 bits per heavy atom. The fourth-order valence-corrected chi connectivity index (χ4v) is 3.99. The number of para-hydroxylation sites is 2. The first kappa shape index (κ1) is 21.2. The number of carbonyl (C=O) groups is 1. The Hall–Kier alpha value is -2.52. The monoisotopic (exact) mass is 429 g/mol. The van der Waals surface area contributed by atoms with E-state index in [-0.39, 0.29) is 11.7 Å². The maximum Gasteiger partial charge on any atom is 0.230 e. The van der Waals surface area contributed by atoms with Gasteiger partial charge in [-0.2, -0.15) is 4.68 Å². The zero-order chi connectivity index (χ0) is 20.5. The van der Waals surface area contributed by atoms with Gasteiger partial charge in [-0.05, 0) is 48.5 Å². The minimum Gasteiger partial charge on any atom is -0.492 e. The Bertz CT molecular complexity index is 931. The Morgan fingerprint density at radius 1 is 1.14 bits per heavy atom. The number of aromatic nitrogens is 4. The molecule has 29 heavy (non-hydrogen) atoms. The first-order valence-corrected chi connectivity index (χ1v) is 11.2. The first-order chi connectivity index (χ1) is 14.2. The van der Waals surface area contributed by atoms with Gasteiger partial charge in [-0.1, -0.05) is 41.6 Å². The van der Waals surface area contributed by atoms with Gasteiger partial charge in [0.15, 0.2) is 0 Å². The van der Waals surface area contributed by atoms with Crippen LogP contribution in [0.5, 0.6) is 5.75 Å². The SMILES string of the molecule is CCOc1ccccc1-n1nnnc1SCC(=O)NCCSc1ccc(C)cc1. The second-order valence-electron chi connectivity index (χ2n) is 6.07. The van der Waals surface area contributed by atoms with Crippen LogP contribution in [0, 0.1) is 6.92 Å². The third kappa shape index (κ3) is 6.23. The van der Waals surface area contributed by atoms with Gasteiger partial charge in [0.05, 0.1) is 12.4 Å². The lowest BCUT2D eigenvalue weighted by Gasteiger charge is -2.10. The average Bonchev–Trinajstić information content (AvgIpc) is 3.20. The lowest BCUT2D eigenvalue weighted by molar-refractivity contribution is -0.118. The van der Waals surface area contributed by atoms with Gasteiger partial charge in [-0.15, -0.1) is 16.9 Å². The van der Waals surface area contributed by atoms with Gasteiger partial charge in [0.2, 0.25) is 11.1 Å². The van der Waals surface area contributed by atoms with Crippen LogP contribution < -0.4 is 10.1 Å². The second kappa shape index (κ2) is 10.9. The number of aryl methyl sites for hydroxylation is 1. The van der Waals surface area contributed by atoms with E-state index in [0.717, 1.165) is 11.4 Å². The molecule has 3 rings (SSSR count). The van der Waals surface area contributed by atoms with E-state index < -0.39 is 0 Å². The van der Waals surface area contributed by atoms with E-state index in [1.165, 1.54) is 22.2 Å². The number of benzene rings is 2. The van der Waals surface area contributed by atoms with Crippen molar-refractivity contribution in [3.8, 4) is 11.4 Å². The van der Waals surface area contributed by atoms with E-state index in [2.05, 4.69) is 52.0 Å². The fourth-order valence-electron chi connectivity index (χ4n) is 2.50. The highest BCUT2D eigenvalue weighted by Gasteiger charge is 2.14. The summed E-state index contributed by atoms with van der Waals surface area (Å²) in [6.45, 7) is 5.15. The van der Waals surface area contributed by atoms with E-state index in [9.17, 15) is 4.79 Å². The summed E-state index contributed by atoms with van der Waals surface area (Å²) >= 11 is 3.01. The molecule has 3 aromatic rings. The van der Waals surface area contributed by atoms with E-state index in [1.54, 1.807) is 16.4 Å². The molecule has 0 aliphatic carbocycles. The minimum atomic E-state index is -0.0489. The van der Waals surface area contributed by atoms with Gasteiger partial charge >= 0.3 is 0 Å². The highest BCUT2D eigenvalue weighted by molar-refractivity contribution is 7.99. The Labute approximate surface area is 178 Å². The molecule has 0 atom stereocenters. The number of thioether (sulfide) groups is 2. The molecule has 1 amide bonds. The molecule has 0 bridgehead atoms. The average molecular weight is 430 g/mol. The van der Waals surface area contributed by atoms with Crippen LogP contribution in [0.15, 0.2) is 58.6 Å².